The molecular weight excluding hydrogens is 226 g/mol. The lowest BCUT2D eigenvalue weighted by Gasteiger charge is -2.18. The van der Waals surface area contributed by atoms with Crippen LogP contribution >= 0.6 is 11.8 Å². The molecule has 0 bridgehead atoms. The van der Waals surface area contributed by atoms with Crippen LogP contribution in [0.3, 0.4) is 0 Å². The Labute approximate surface area is 98.6 Å². The van der Waals surface area contributed by atoms with Crippen molar-refractivity contribution in [3.8, 4) is 0 Å². The van der Waals surface area contributed by atoms with E-state index >= 15 is 0 Å². The molecule has 0 amide bonds. The van der Waals surface area contributed by atoms with Gasteiger partial charge in [-0.15, -0.1) is 0 Å². The third-order valence-corrected chi connectivity index (χ3v) is 3.70. The molecule has 0 radical (unpaired) electrons. The summed E-state index contributed by atoms with van der Waals surface area (Å²) in [7, 11) is 0. The SMILES string of the molecule is O=C(O)c1occc1CN1CCCSCC1. The molecule has 2 heterocycles. The van der Waals surface area contributed by atoms with Crippen LogP contribution in [0, 0.1) is 0 Å². The zero-order valence-corrected chi connectivity index (χ0v) is 9.83. The van der Waals surface area contributed by atoms with Crippen molar-refractivity contribution in [2.45, 2.75) is 13.0 Å². The monoisotopic (exact) mass is 241 g/mol. The molecule has 88 valence electrons. The Kier molecular flexibility index (Phi) is 3.90. The highest BCUT2D eigenvalue weighted by molar-refractivity contribution is 7.99. The molecule has 0 spiro atoms. The number of carbonyl (C=O) groups is 1. The number of rotatable bonds is 3. The minimum absolute atomic E-state index is 0.0805. The summed E-state index contributed by atoms with van der Waals surface area (Å²) in [6, 6.07) is 1.75. The molecule has 1 saturated heterocycles. The first kappa shape index (κ1) is 11.5. The fraction of sp³-hybridized carbons (Fsp3) is 0.545. The molecule has 2 rings (SSSR count). The molecule has 1 fully saturated rings. The van der Waals surface area contributed by atoms with Gasteiger partial charge in [-0.1, -0.05) is 0 Å². The predicted molar refractivity (Wildman–Crippen MR) is 62.9 cm³/mol. The molecule has 0 unspecified atom stereocenters. The van der Waals surface area contributed by atoms with Crippen LogP contribution in [-0.2, 0) is 6.54 Å². The van der Waals surface area contributed by atoms with Crippen LogP contribution in [0.15, 0.2) is 16.7 Å². The maximum absolute atomic E-state index is 10.9. The summed E-state index contributed by atoms with van der Waals surface area (Å²) in [6.45, 7) is 2.74. The average Bonchev–Trinajstić information content (AvgIpc) is 2.55. The second-order valence-corrected chi connectivity index (χ2v) is 5.05. The molecule has 1 N–H and O–H groups in total. The minimum Gasteiger partial charge on any atom is -0.475 e. The largest absolute Gasteiger partial charge is 0.475 e. The first-order valence-corrected chi connectivity index (χ1v) is 6.52. The van der Waals surface area contributed by atoms with E-state index in [9.17, 15) is 4.79 Å². The van der Waals surface area contributed by atoms with E-state index in [0.29, 0.717) is 6.54 Å². The fourth-order valence-electron chi connectivity index (χ4n) is 1.84. The summed E-state index contributed by atoms with van der Waals surface area (Å²) in [5, 5.41) is 8.92. The third-order valence-electron chi connectivity index (χ3n) is 2.65. The topological polar surface area (TPSA) is 53.7 Å². The summed E-state index contributed by atoms with van der Waals surface area (Å²) in [6.07, 6.45) is 2.62. The highest BCUT2D eigenvalue weighted by Crippen LogP contribution is 2.16. The molecule has 1 aliphatic heterocycles. The predicted octanol–water partition coefficient (Wildman–Crippen LogP) is 1.92. The Hall–Kier alpha value is -0.940. The van der Waals surface area contributed by atoms with Gasteiger partial charge in [0.05, 0.1) is 6.26 Å². The van der Waals surface area contributed by atoms with Crippen LogP contribution in [0.25, 0.3) is 0 Å². The maximum atomic E-state index is 10.9. The van der Waals surface area contributed by atoms with Crippen LogP contribution in [-0.4, -0.2) is 40.6 Å². The van der Waals surface area contributed by atoms with Crippen molar-refractivity contribution in [2.75, 3.05) is 24.6 Å². The van der Waals surface area contributed by atoms with Crippen molar-refractivity contribution < 1.29 is 14.3 Å². The molecule has 5 heteroatoms. The van der Waals surface area contributed by atoms with Gasteiger partial charge in [0, 0.05) is 24.4 Å². The van der Waals surface area contributed by atoms with Gasteiger partial charge in [0.25, 0.3) is 0 Å². The lowest BCUT2D eigenvalue weighted by Crippen LogP contribution is -2.26. The number of aromatic carboxylic acids is 1. The summed E-state index contributed by atoms with van der Waals surface area (Å²) in [5.74, 6) is 1.43. The summed E-state index contributed by atoms with van der Waals surface area (Å²) in [5.41, 5.74) is 0.777. The highest BCUT2D eigenvalue weighted by atomic mass is 32.2. The van der Waals surface area contributed by atoms with Gasteiger partial charge in [0.2, 0.25) is 5.76 Å². The number of nitrogens with zero attached hydrogens (tertiary/aromatic N) is 1. The van der Waals surface area contributed by atoms with E-state index < -0.39 is 5.97 Å². The standard InChI is InChI=1S/C11H15NO3S/c13-11(14)10-9(2-5-15-10)8-12-3-1-6-16-7-4-12/h2,5H,1,3-4,6-8H2,(H,13,14). The molecule has 16 heavy (non-hydrogen) atoms. The lowest BCUT2D eigenvalue weighted by molar-refractivity contribution is 0.0659. The van der Waals surface area contributed by atoms with E-state index in [2.05, 4.69) is 4.90 Å². The van der Waals surface area contributed by atoms with E-state index in [1.54, 1.807) is 6.07 Å². The van der Waals surface area contributed by atoms with Crippen molar-refractivity contribution in [1.29, 1.82) is 0 Å². The van der Waals surface area contributed by atoms with E-state index in [1.165, 1.54) is 18.4 Å². The quantitative estimate of drug-likeness (QED) is 0.876. The first-order valence-electron chi connectivity index (χ1n) is 5.37. The van der Waals surface area contributed by atoms with Gasteiger partial charge >= 0.3 is 5.97 Å². The normalized spacial score (nSPS) is 18.2. The molecule has 4 nitrogen and oxygen atoms in total. The van der Waals surface area contributed by atoms with Crippen LogP contribution in [0.2, 0.25) is 0 Å². The van der Waals surface area contributed by atoms with Gasteiger partial charge in [0.15, 0.2) is 0 Å². The smallest absolute Gasteiger partial charge is 0.372 e. The van der Waals surface area contributed by atoms with Crippen LogP contribution in [0.4, 0.5) is 0 Å². The fourth-order valence-corrected chi connectivity index (χ4v) is 2.77. The van der Waals surface area contributed by atoms with Crippen LogP contribution < -0.4 is 0 Å². The van der Waals surface area contributed by atoms with Gasteiger partial charge in [-0.2, -0.15) is 11.8 Å². The molecule has 0 aliphatic carbocycles. The number of hydrogen-bond acceptors (Lipinski definition) is 4. The average molecular weight is 241 g/mol. The number of carboxylic acids is 1. The van der Waals surface area contributed by atoms with Crippen LogP contribution in [0.1, 0.15) is 22.5 Å². The van der Waals surface area contributed by atoms with Crippen LogP contribution in [0.5, 0.6) is 0 Å². The second-order valence-electron chi connectivity index (χ2n) is 3.82. The van der Waals surface area contributed by atoms with Crippen molar-refractivity contribution in [3.05, 3.63) is 23.7 Å². The molecule has 1 aliphatic rings. The Morgan fingerprint density at radius 3 is 3.19 bits per heavy atom. The van der Waals surface area contributed by atoms with Crippen molar-refractivity contribution >= 4 is 17.7 Å². The minimum atomic E-state index is -0.982. The van der Waals surface area contributed by atoms with Gasteiger partial charge in [-0.3, -0.25) is 4.90 Å². The number of furan rings is 1. The molecule has 0 saturated carbocycles. The molecule has 1 aromatic rings. The lowest BCUT2D eigenvalue weighted by atomic mass is 10.2. The Balaban J connectivity index is 2.01. The van der Waals surface area contributed by atoms with Crippen molar-refractivity contribution in [3.63, 3.8) is 0 Å². The molecule has 1 aromatic heterocycles. The number of carboxylic acid groups (broad SMARTS) is 1. The summed E-state index contributed by atoms with van der Waals surface area (Å²) in [4.78, 5) is 13.2. The Morgan fingerprint density at radius 2 is 2.38 bits per heavy atom. The second kappa shape index (κ2) is 5.41. The first-order chi connectivity index (χ1) is 7.77. The Bertz CT molecular complexity index is 356. The van der Waals surface area contributed by atoms with Gasteiger partial charge < -0.3 is 9.52 Å². The van der Waals surface area contributed by atoms with Crippen molar-refractivity contribution in [2.24, 2.45) is 0 Å². The zero-order chi connectivity index (χ0) is 11.4. The Morgan fingerprint density at radius 1 is 1.50 bits per heavy atom. The number of hydrogen-bond donors (Lipinski definition) is 1. The van der Waals surface area contributed by atoms with Crippen molar-refractivity contribution in [1.82, 2.24) is 4.90 Å². The third kappa shape index (κ3) is 2.80. The summed E-state index contributed by atoms with van der Waals surface area (Å²) < 4.78 is 4.97. The van der Waals surface area contributed by atoms with Gasteiger partial charge in [0.1, 0.15) is 0 Å². The van der Waals surface area contributed by atoms with Gasteiger partial charge in [-0.25, -0.2) is 4.79 Å². The summed E-state index contributed by atoms with van der Waals surface area (Å²) >= 11 is 1.96. The van der Waals surface area contributed by atoms with E-state index in [1.807, 2.05) is 11.8 Å². The highest BCUT2D eigenvalue weighted by Gasteiger charge is 2.17. The zero-order valence-electron chi connectivity index (χ0n) is 9.02. The van der Waals surface area contributed by atoms with E-state index in [4.69, 9.17) is 9.52 Å². The number of thioether (sulfide) groups is 1. The molecule has 0 aromatic carbocycles. The van der Waals surface area contributed by atoms with E-state index in [0.717, 1.165) is 24.4 Å². The van der Waals surface area contributed by atoms with Gasteiger partial charge in [-0.05, 0) is 24.8 Å². The maximum Gasteiger partial charge on any atom is 0.372 e. The molecular formula is C11H15NO3S. The molecule has 0 atom stereocenters. The van der Waals surface area contributed by atoms with E-state index in [-0.39, 0.29) is 5.76 Å².